The van der Waals surface area contributed by atoms with E-state index in [0.29, 0.717) is 5.75 Å². The number of ether oxygens (including phenoxy) is 1. The molecule has 0 aromatic heterocycles. The van der Waals surface area contributed by atoms with Crippen molar-refractivity contribution in [1.29, 1.82) is 0 Å². The smallest absolute Gasteiger partial charge is 0.311 e. The molecular weight excluding hydrogens is 194 g/mol. The Morgan fingerprint density at radius 1 is 1.40 bits per heavy atom. The molecule has 0 bridgehead atoms. The van der Waals surface area contributed by atoms with Crippen LogP contribution in [-0.2, 0) is 6.42 Å². The summed E-state index contributed by atoms with van der Waals surface area (Å²) in [5.74, 6) is 0.308. The summed E-state index contributed by atoms with van der Waals surface area (Å²) >= 11 is 0. The predicted octanol–water partition coefficient (Wildman–Crippen LogP) is 3.19. The van der Waals surface area contributed by atoms with E-state index in [2.05, 4.69) is 0 Å². The maximum absolute atomic E-state index is 10.6. The molecule has 0 amide bonds. The van der Waals surface area contributed by atoms with Crippen LogP contribution in [0.3, 0.4) is 0 Å². The van der Waals surface area contributed by atoms with Gasteiger partial charge in [-0.05, 0) is 18.1 Å². The minimum absolute atomic E-state index is 0.0295. The molecule has 4 heteroatoms. The van der Waals surface area contributed by atoms with Crippen molar-refractivity contribution in [2.24, 2.45) is 0 Å². The molecule has 0 aliphatic carbocycles. The lowest BCUT2D eigenvalue weighted by Gasteiger charge is -2.02. The fraction of sp³-hybridized carbons (Fsp3) is 0.455. The molecule has 0 atom stereocenters. The number of nitro benzene ring substituents is 1. The summed E-state index contributed by atoms with van der Waals surface area (Å²) in [4.78, 5) is 10.1. The Morgan fingerprint density at radius 2 is 2.00 bits per heavy atom. The van der Waals surface area contributed by atoms with Crippen LogP contribution in [0, 0.1) is 10.1 Å². The van der Waals surface area contributed by atoms with Crippen molar-refractivity contribution in [1.82, 2.24) is 0 Å². The van der Waals surface area contributed by atoms with Crippen molar-refractivity contribution in [3.63, 3.8) is 0 Å². The van der Waals surface area contributed by atoms with Gasteiger partial charge in [-0.1, -0.05) is 26.8 Å². The Kier molecular flexibility index (Phi) is 6.09. The molecule has 0 heterocycles. The molecule has 0 N–H and O–H groups in total. The zero-order valence-electron chi connectivity index (χ0n) is 9.61. The molecule has 0 unspecified atom stereocenters. The lowest BCUT2D eigenvalue weighted by molar-refractivity contribution is -0.385. The molecular formula is C11H17NO3. The highest BCUT2D eigenvalue weighted by Crippen LogP contribution is 2.27. The quantitative estimate of drug-likeness (QED) is 0.570. The molecule has 1 aromatic rings. The first-order chi connectivity index (χ1) is 7.19. The Labute approximate surface area is 90.0 Å². The molecule has 0 fully saturated rings. The van der Waals surface area contributed by atoms with E-state index in [0.717, 1.165) is 12.0 Å². The Balaban J connectivity index is 0.000000921. The second kappa shape index (κ2) is 6.81. The third kappa shape index (κ3) is 3.58. The van der Waals surface area contributed by atoms with E-state index in [1.165, 1.54) is 7.11 Å². The highest BCUT2D eigenvalue weighted by atomic mass is 16.6. The average Bonchev–Trinajstić information content (AvgIpc) is 2.30. The number of hydrogen-bond donors (Lipinski definition) is 0. The van der Waals surface area contributed by atoms with Crippen LogP contribution >= 0.6 is 0 Å². The van der Waals surface area contributed by atoms with E-state index in [-0.39, 0.29) is 5.69 Å². The van der Waals surface area contributed by atoms with E-state index in [4.69, 9.17) is 4.74 Å². The third-order valence-corrected chi connectivity index (χ3v) is 1.85. The Bertz CT molecular complexity index is 324. The molecule has 1 aromatic carbocycles. The van der Waals surface area contributed by atoms with Gasteiger partial charge in [-0.25, -0.2) is 0 Å². The van der Waals surface area contributed by atoms with Gasteiger partial charge in [-0.2, -0.15) is 0 Å². The summed E-state index contributed by atoms with van der Waals surface area (Å²) in [5, 5.41) is 10.6. The number of methoxy groups -OCH3 is 1. The SMILES string of the molecule is CC.CCc1ccc(OC)c([N+](=O)[O-])c1. The van der Waals surface area contributed by atoms with Gasteiger partial charge in [0.05, 0.1) is 12.0 Å². The minimum Gasteiger partial charge on any atom is -0.490 e. The first-order valence-electron chi connectivity index (χ1n) is 5.00. The molecule has 0 aliphatic heterocycles. The lowest BCUT2D eigenvalue weighted by Crippen LogP contribution is -1.94. The average molecular weight is 211 g/mol. The molecule has 0 saturated heterocycles. The number of nitro groups is 1. The standard InChI is InChI=1S/C9H11NO3.C2H6/c1-3-7-4-5-9(13-2)8(6-7)10(11)12;1-2/h4-6H,3H2,1-2H3;1-2H3. The van der Waals surface area contributed by atoms with Gasteiger partial charge in [0.1, 0.15) is 0 Å². The van der Waals surface area contributed by atoms with Gasteiger partial charge in [-0.15, -0.1) is 0 Å². The molecule has 15 heavy (non-hydrogen) atoms. The second-order valence-corrected chi connectivity index (χ2v) is 2.62. The number of rotatable bonds is 3. The van der Waals surface area contributed by atoms with Crippen LogP contribution < -0.4 is 4.74 Å². The van der Waals surface area contributed by atoms with Gasteiger partial charge in [0.15, 0.2) is 5.75 Å². The number of benzene rings is 1. The lowest BCUT2D eigenvalue weighted by atomic mass is 10.1. The summed E-state index contributed by atoms with van der Waals surface area (Å²) in [6, 6.07) is 4.99. The van der Waals surface area contributed by atoms with E-state index < -0.39 is 4.92 Å². The molecule has 0 spiro atoms. The fourth-order valence-corrected chi connectivity index (χ4v) is 1.10. The van der Waals surface area contributed by atoms with Crippen LogP contribution in [0.25, 0.3) is 0 Å². The monoisotopic (exact) mass is 211 g/mol. The largest absolute Gasteiger partial charge is 0.490 e. The first-order valence-corrected chi connectivity index (χ1v) is 5.00. The van der Waals surface area contributed by atoms with Crippen LogP contribution in [0.15, 0.2) is 18.2 Å². The van der Waals surface area contributed by atoms with Gasteiger partial charge in [0.25, 0.3) is 0 Å². The van der Waals surface area contributed by atoms with Gasteiger partial charge in [-0.3, -0.25) is 10.1 Å². The van der Waals surface area contributed by atoms with Crippen LogP contribution in [0.2, 0.25) is 0 Å². The van der Waals surface area contributed by atoms with Crippen LogP contribution in [0.5, 0.6) is 5.75 Å². The topological polar surface area (TPSA) is 52.4 Å². The zero-order valence-corrected chi connectivity index (χ0v) is 9.61. The van der Waals surface area contributed by atoms with Crippen molar-refractivity contribution in [3.05, 3.63) is 33.9 Å². The fourth-order valence-electron chi connectivity index (χ4n) is 1.10. The van der Waals surface area contributed by atoms with Crippen LogP contribution in [0.1, 0.15) is 26.3 Å². The maximum atomic E-state index is 10.6. The summed E-state index contributed by atoms with van der Waals surface area (Å²) in [6.07, 6.45) is 0.783. The highest BCUT2D eigenvalue weighted by molar-refractivity contribution is 5.48. The van der Waals surface area contributed by atoms with Gasteiger partial charge >= 0.3 is 5.69 Å². The van der Waals surface area contributed by atoms with Crippen molar-refractivity contribution < 1.29 is 9.66 Å². The van der Waals surface area contributed by atoms with E-state index in [9.17, 15) is 10.1 Å². The predicted molar refractivity (Wildman–Crippen MR) is 60.4 cm³/mol. The highest BCUT2D eigenvalue weighted by Gasteiger charge is 2.13. The van der Waals surface area contributed by atoms with Crippen molar-refractivity contribution in [3.8, 4) is 5.75 Å². The second-order valence-electron chi connectivity index (χ2n) is 2.62. The van der Waals surface area contributed by atoms with Gasteiger partial charge in [0.2, 0.25) is 0 Å². The van der Waals surface area contributed by atoms with Crippen LogP contribution in [0.4, 0.5) is 5.69 Å². The van der Waals surface area contributed by atoms with E-state index >= 15 is 0 Å². The summed E-state index contributed by atoms with van der Waals surface area (Å²) in [5.41, 5.74) is 0.967. The van der Waals surface area contributed by atoms with E-state index in [1.807, 2.05) is 26.8 Å². The number of aryl methyl sites for hydroxylation is 1. The Morgan fingerprint density at radius 3 is 2.40 bits per heavy atom. The van der Waals surface area contributed by atoms with Crippen LogP contribution in [-0.4, -0.2) is 12.0 Å². The minimum atomic E-state index is -0.433. The van der Waals surface area contributed by atoms with Gasteiger partial charge < -0.3 is 4.74 Å². The Hall–Kier alpha value is -1.58. The zero-order chi connectivity index (χ0) is 11.8. The summed E-state index contributed by atoms with van der Waals surface area (Å²) in [7, 11) is 1.42. The molecule has 0 aliphatic rings. The maximum Gasteiger partial charge on any atom is 0.311 e. The van der Waals surface area contributed by atoms with Gasteiger partial charge in [0, 0.05) is 6.07 Å². The first kappa shape index (κ1) is 13.4. The third-order valence-electron chi connectivity index (χ3n) is 1.85. The molecule has 4 nitrogen and oxygen atoms in total. The number of hydrogen-bond acceptors (Lipinski definition) is 3. The van der Waals surface area contributed by atoms with Crippen molar-refractivity contribution >= 4 is 5.69 Å². The van der Waals surface area contributed by atoms with Crippen molar-refractivity contribution in [2.45, 2.75) is 27.2 Å². The summed E-state index contributed by atoms with van der Waals surface area (Å²) < 4.78 is 4.86. The molecule has 1 rings (SSSR count). The van der Waals surface area contributed by atoms with Crippen molar-refractivity contribution in [2.75, 3.05) is 7.11 Å². The van der Waals surface area contributed by atoms with E-state index in [1.54, 1.807) is 12.1 Å². The molecule has 0 saturated carbocycles. The number of nitrogens with zero attached hydrogens (tertiary/aromatic N) is 1. The normalized spacial score (nSPS) is 8.80. The summed E-state index contributed by atoms with van der Waals surface area (Å²) in [6.45, 7) is 5.95. The molecule has 0 radical (unpaired) electrons. The molecule has 84 valence electrons.